The summed E-state index contributed by atoms with van der Waals surface area (Å²) in [5.74, 6) is 0.180. The second kappa shape index (κ2) is 6.38. The van der Waals surface area contributed by atoms with Crippen LogP contribution in [0.5, 0.6) is 0 Å². The predicted molar refractivity (Wildman–Crippen MR) is 119 cm³/mol. The molecule has 1 aliphatic heterocycles. The number of Topliss-reactive ketones (excluding diaryl/α,β-unsaturated/α-hetero) is 1. The summed E-state index contributed by atoms with van der Waals surface area (Å²) < 4.78 is 2.47. The molecule has 2 aromatic carbocycles. The van der Waals surface area contributed by atoms with Gasteiger partial charge in [0.25, 0.3) is 0 Å². The molecule has 0 saturated heterocycles. The summed E-state index contributed by atoms with van der Waals surface area (Å²) in [7, 11) is 2.16. The molecule has 0 fully saturated rings. The smallest absolute Gasteiger partial charge is 0.134 e. The molecule has 0 bridgehead atoms. The fourth-order valence-corrected chi connectivity index (χ4v) is 5.25. The summed E-state index contributed by atoms with van der Waals surface area (Å²) >= 11 is 6.15. The number of aromatic nitrogens is 1. The maximum atomic E-state index is 12.2. The number of anilines is 1. The molecule has 0 amide bonds. The van der Waals surface area contributed by atoms with Crippen molar-refractivity contribution in [2.24, 2.45) is 0 Å². The topological polar surface area (TPSA) is 25.2 Å². The van der Waals surface area contributed by atoms with Crippen molar-refractivity contribution in [2.45, 2.75) is 46.6 Å². The number of carbonyl (C=O) groups is 1. The molecule has 0 spiro atoms. The first-order valence-electron chi connectivity index (χ1n) is 9.76. The van der Waals surface area contributed by atoms with E-state index in [1.807, 2.05) is 12.1 Å². The number of halogens is 1. The van der Waals surface area contributed by atoms with Gasteiger partial charge in [0.15, 0.2) is 0 Å². The second-order valence-electron chi connectivity index (χ2n) is 8.76. The van der Waals surface area contributed by atoms with Crippen LogP contribution in [0.1, 0.15) is 37.6 Å². The van der Waals surface area contributed by atoms with E-state index in [1.165, 1.54) is 27.8 Å². The van der Waals surface area contributed by atoms with Crippen LogP contribution in [0.3, 0.4) is 0 Å². The van der Waals surface area contributed by atoms with Crippen LogP contribution in [-0.4, -0.2) is 23.9 Å². The Morgan fingerprint density at radius 1 is 1.18 bits per heavy atom. The molecule has 146 valence electrons. The number of rotatable bonds is 3. The molecule has 2 heterocycles. The number of benzene rings is 2. The van der Waals surface area contributed by atoms with E-state index < -0.39 is 0 Å². The molecule has 0 saturated carbocycles. The van der Waals surface area contributed by atoms with E-state index in [0.717, 1.165) is 28.3 Å². The third-order valence-corrected chi connectivity index (χ3v) is 6.21. The molecular formula is C24H27ClN2O. The highest BCUT2D eigenvalue weighted by atomic mass is 35.5. The minimum atomic E-state index is -0.000613. The molecule has 1 aromatic heterocycles. The number of ketones is 1. The van der Waals surface area contributed by atoms with Crippen LogP contribution in [0.15, 0.2) is 30.3 Å². The van der Waals surface area contributed by atoms with Crippen LogP contribution in [0, 0.1) is 13.8 Å². The summed E-state index contributed by atoms with van der Waals surface area (Å²) in [6.07, 6.45) is 0.439. The molecule has 0 unspecified atom stereocenters. The Morgan fingerprint density at radius 3 is 2.43 bits per heavy atom. The van der Waals surface area contributed by atoms with Crippen molar-refractivity contribution >= 4 is 34.0 Å². The standard InChI is InChI=1S/C24H27ClN2O/c1-14-11-20-21(17-7-9-18(25)10-8-17)19(12-15(2)28)16(3)22-23(20)27(14)24(4,5)13-26(22)6/h7-11H,12-13H2,1-6H3. The van der Waals surface area contributed by atoms with Gasteiger partial charge in [-0.3, -0.25) is 4.79 Å². The van der Waals surface area contributed by atoms with Crippen LogP contribution in [0.25, 0.3) is 22.0 Å². The monoisotopic (exact) mass is 394 g/mol. The summed E-state index contributed by atoms with van der Waals surface area (Å²) in [5.41, 5.74) is 8.37. The summed E-state index contributed by atoms with van der Waals surface area (Å²) in [4.78, 5) is 14.5. The average molecular weight is 395 g/mol. The fourth-order valence-electron chi connectivity index (χ4n) is 5.13. The molecule has 1 aliphatic rings. The molecule has 4 rings (SSSR count). The third-order valence-electron chi connectivity index (χ3n) is 5.96. The van der Waals surface area contributed by atoms with Crippen LogP contribution in [0.4, 0.5) is 5.69 Å². The highest BCUT2D eigenvalue weighted by molar-refractivity contribution is 6.30. The molecule has 28 heavy (non-hydrogen) atoms. The van der Waals surface area contributed by atoms with Crippen molar-refractivity contribution in [3.05, 3.63) is 52.2 Å². The van der Waals surface area contributed by atoms with Gasteiger partial charge in [0.1, 0.15) is 5.78 Å². The first-order valence-corrected chi connectivity index (χ1v) is 10.1. The molecule has 3 nitrogen and oxygen atoms in total. The average Bonchev–Trinajstić information content (AvgIpc) is 2.92. The Hall–Kier alpha value is -2.26. The third kappa shape index (κ3) is 2.76. The van der Waals surface area contributed by atoms with Crippen molar-refractivity contribution in [3.8, 4) is 11.1 Å². The zero-order chi connectivity index (χ0) is 20.4. The van der Waals surface area contributed by atoms with Crippen molar-refractivity contribution < 1.29 is 4.79 Å². The van der Waals surface area contributed by atoms with Gasteiger partial charge in [0, 0.05) is 36.1 Å². The fraction of sp³-hybridized carbons (Fsp3) is 0.375. The zero-order valence-corrected chi connectivity index (χ0v) is 18.2. The molecule has 4 heteroatoms. The normalized spacial score (nSPS) is 15.3. The molecule has 3 aromatic rings. The minimum absolute atomic E-state index is 0.000613. The van der Waals surface area contributed by atoms with E-state index in [4.69, 9.17) is 11.6 Å². The second-order valence-corrected chi connectivity index (χ2v) is 9.20. The Labute approximate surface area is 171 Å². The van der Waals surface area contributed by atoms with E-state index >= 15 is 0 Å². The maximum absolute atomic E-state index is 12.2. The van der Waals surface area contributed by atoms with Gasteiger partial charge >= 0.3 is 0 Å². The number of carbonyl (C=O) groups excluding carboxylic acids is 1. The minimum Gasteiger partial charge on any atom is -0.370 e. The molecule has 0 radical (unpaired) electrons. The van der Waals surface area contributed by atoms with E-state index in [2.05, 4.69) is 62.4 Å². The van der Waals surface area contributed by atoms with Gasteiger partial charge in [-0.25, -0.2) is 0 Å². The number of nitrogens with zero attached hydrogens (tertiary/aromatic N) is 2. The summed E-state index contributed by atoms with van der Waals surface area (Å²) in [6.45, 7) is 11.5. The first kappa shape index (κ1) is 19.1. The SMILES string of the molecule is CC(=O)Cc1c(C)c2c3c(cc(C)n3C(C)(C)CN2C)c1-c1ccc(Cl)cc1. The van der Waals surface area contributed by atoms with Gasteiger partial charge in [-0.1, -0.05) is 23.7 Å². The van der Waals surface area contributed by atoms with Crippen LogP contribution < -0.4 is 4.90 Å². The van der Waals surface area contributed by atoms with Crippen molar-refractivity contribution in [1.82, 2.24) is 4.57 Å². The van der Waals surface area contributed by atoms with Crippen LogP contribution in [-0.2, 0) is 16.8 Å². The molecule has 0 aliphatic carbocycles. The Bertz CT molecular complexity index is 1110. The molecule has 0 atom stereocenters. The highest BCUT2D eigenvalue weighted by Crippen LogP contribution is 2.47. The molecular weight excluding hydrogens is 368 g/mol. The van der Waals surface area contributed by atoms with Gasteiger partial charge < -0.3 is 9.47 Å². The van der Waals surface area contributed by atoms with Crippen molar-refractivity contribution in [1.29, 1.82) is 0 Å². The van der Waals surface area contributed by atoms with Gasteiger partial charge in [-0.05, 0) is 75.1 Å². The largest absolute Gasteiger partial charge is 0.370 e. The first-order chi connectivity index (χ1) is 13.1. The van der Waals surface area contributed by atoms with Gasteiger partial charge in [0.2, 0.25) is 0 Å². The predicted octanol–water partition coefficient (Wildman–Crippen LogP) is 5.89. The lowest BCUT2D eigenvalue weighted by atomic mass is 9.87. The Balaban J connectivity index is 2.19. The Kier molecular flexibility index (Phi) is 4.35. The van der Waals surface area contributed by atoms with Gasteiger partial charge in [-0.2, -0.15) is 0 Å². The van der Waals surface area contributed by atoms with E-state index in [0.29, 0.717) is 6.42 Å². The lowest BCUT2D eigenvalue weighted by molar-refractivity contribution is -0.116. The van der Waals surface area contributed by atoms with Crippen LogP contribution >= 0.6 is 11.6 Å². The van der Waals surface area contributed by atoms with E-state index in [9.17, 15) is 4.79 Å². The zero-order valence-electron chi connectivity index (χ0n) is 17.5. The summed E-state index contributed by atoms with van der Waals surface area (Å²) in [6, 6.07) is 10.3. The van der Waals surface area contributed by atoms with E-state index in [-0.39, 0.29) is 11.3 Å². The van der Waals surface area contributed by atoms with Gasteiger partial charge in [0.05, 0.1) is 16.7 Å². The number of aryl methyl sites for hydroxylation is 1. The number of hydrogen-bond acceptors (Lipinski definition) is 2. The Morgan fingerprint density at radius 2 is 1.82 bits per heavy atom. The number of likely N-dealkylation sites (N-methyl/N-ethyl adjacent to an activating group) is 1. The number of hydrogen-bond donors (Lipinski definition) is 0. The van der Waals surface area contributed by atoms with Crippen molar-refractivity contribution in [3.63, 3.8) is 0 Å². The lowest BCUT2D eigenvalue weighted by Crippen LogP contribution is -2.43. The summed E-state index contributed by atoms with van der Waals surface area (Å²) in [5, 5.41) is 1.94. The highest BCUT2D eigenvalue weighted by Gasteiger charge is 2.35. The van der Waals surface area contributed by atoms with Crippen LogP contribution in [0.2, 0.25) is 5.02 Å². The van der Waals surface area contributed by atoms with Crippen molar-refractivity contribution in [2.75, 3.05) is 18.5 Å². The van der Waals surface area contributed by atoms with Gasteiger partial charge in [-0.15, -0.1) is 0 Å². The quantitative estimate of drug-likeness (QED) is 0.553. The lowest BCUT2D eigenvalue weighted by Gasteiger charge is -2.41. The van der Waals surface area contributed by atoms with E-state index in [1.54, 1.807) is 6.92 Å². The molecule has 0 N–H and O–H groups in total. The maximum Gasteiger partial charge on any atom is 0.134 e.